The van der Waals surface area contributed by atoms with Gasteiger partial charge in [0.1, 0.15) is 5.01 Å². The van der Waals surface area contributed by atoms with Crippen LogP contribution in [0, 0.1) is 0 Å². The van der Waals surface area contributed by atoms with Crippen molar-refractivity contribution in [2.24, 2.45) is 0 Å². The van der Waals surface area contributed by atoms with Crippen LogP contribution in [-0.2, 0) is 0 Å². The second-order valence-corrected chi connectivity index (χ2v) is 3.29. The number of aromatic nitrogens is 5. The quantitative estimate of drug-likeness (QED) is 0.728. The summed E-state index contributed by atoms with van der Waals surface area (Å²) in [5.74, 6) is 0.704. The largest absolute Gasteiger partial charge is 0.325 e. The van der Waals surface area contributed by atoms with Gasteiger partial charge in [-0.05, 0) is 10.4 Å². The third-order valence-corrected chi connectivity index (χ3v) is 2.52. The maximum atomic E-state index is 4.16. The first-order valence-electron chi connectivity index (χ1n) is 3.39. The number of anilines is 1. The van der Waals surface area contributed by atoms with Crippen LogP contribution in [0.5, 0.6) is 0 Å². The molecule has 0 radical (unpaired) electrons. The molecule has 1 aliphatic heterocycles. The lowest BCUT2D eigenvalue weighted by atomic mass is 10.4. The van der Waals surface area contributed by atoms with Crippen LogP contribution in [0.1, 0.15) is 18.6 Å². The van der Waals surface area contributed by atoms with Gasteiger partial charge < -0.3 is 5.32 Å². The Morgan fingerprint density at radius 2 is 2.46 bits per heavy atom. The molecule has 68 valence electrons. The topological polar surface area (TPSA) is 68.5 Å². The van der Waals surface area contributed by atoms with Crippen molar-refractivity contribution >= 4 is 17.3 Å². The fourth-order valence-corrected chi connectivity index (χ4v) is 1.79. The molecular weight excluding hydrogens is 188 g/mol. The van der Waals surface area contributed by atoms with Gasteiger partial charge in [-0.1, -0.05) is 12.5 Å². The van der Waals surface area contributed by atoms with E-state index in [0.717, 1.165) is 5.01 Å². The average molecular weight is 196 g/mol. The van der Waals surface area contributed by atoms with E-state index in [1.807, 2.05) is 5.38 Å². The van der Waals surface area contributed by atoms with Crippen molar-refractivity contribution in [1.29, 1.82) is 0 Å². The lowest BCUT2D eigenvalue weighted by molar-refractivity contribution is 0.496. The van der Waals surface area contributed by atoms with Crippen molar-refractivity contribution in [3.8, 4) is 0 Å². The highest BCUT2D eigenvalue weighted by Crippen LogP contribution is 2.29. The summed E-state index contributed by atoms with van der Waals surface area (Å²) in [6.07, 6.45) is 1.80. The maximum absolute atomic E-state index is 4.16. The van der Waals surface area contributed by atoms with Crippen LogP contribution < -0.4 is 5.32 Å². The summed E-state index contributed by atoms with van der Waals surface area (Å²) in [7, 11) is 0. The monoisotopic (exact) mass is 196 g/mol. The number of hydrogen-bond acceptors (Lipinski definition) is 6. The van der Waals surface area contributed by atoms with E-state index in [2.05, 4.69) is 25.8 Å². The Kier molecular flexibility index (Phi) is 1.73. The third-order valence-electron chi connectivity index (χ3n) is 1.69. The Bertz CT molecular complexity index is 393. The second kappa shape index (κ2) is 2.77. The van der Waals surface area contributed by atoms with E-state index in [4.69, 9.17) is 0 Å². The summed E-state index contributed by atoms with van der Waals surface area (Å²) >= 11 is 1.58. The number of nitrogens with one attached hydrogen (secondary N) is 1. The van der Waals surface area contributed by atoms with Gasteiger partial charge >= 0.3 is 0 Å². The molecule has 0 saturated heterocycles. The summed E-state index contributed by atoms with van der Waals surface area (Å²) in [6.45, 7) is 0. The molecule has 3 heterocycles. The minimum absolute atomic E-state index is 0. The molecule has 1 aliphatic rings. The summed E-state index contributed by atoms with van der Waals surface area (Å²) in [5, 5.41) is 17.0. The predicted molar refractivity (Wildman–Crippen MR) is 48.4 cm³/mol. The Balaban J connectivity index is 0.000000653. The van der Waals surface area contributed by atoms with Gasteiger partial charge in [-0.2, -0.15) is 4.68 Å². The minimum Gasteiger partial charge on any atom is -0.325 e. The molecule has 2 aromatic rings. The van der Waals surface area contributed by atoms with Gasteiger partial charge in [-0.15, -0.1) is 11.3 Å². The normalized spacial score (nSPS) is 18.0. The molecule has 0 amide bonds. The van der Waals surface area contributed by atoms with Gasteiger partial charge in [0.25, 0.3) is 0 Å². The number of rotatable bonds is 1. The molecule has 0 bridgehead atoms. The van der Waals surface area contributed by atoms with Gasteiger partial charge in [-0.3, -0.25) is 0 Å². The molecular formula is C6H8N6S. The average Bonchev–Trinajstić information content (AvgIpc) is 2.62. The summed E-state index contributed by atoms with van der Waals surface area (Å²) in [4.78, 5) is 4.16. The van der Waals surface area contributed by atoms with E-state index in [1.54, 1.807) is 22.2 Å². The second-order valence-electron chi connectivity index (χ2n) is 2.36. The molecule has 0 spiro atoms. The smallest absolute Gasteiger partial charge is 0.247 e. The zero-order valence-electron chi connectivity index (χ0n) is 5.88. The highest BCUT2D eigenvalue weighted by atomic mass is 32.1. The number of thiazole rings is 1. The van der Waals surface area contributed by atoms with Crippen LogP contribution in [0.15, 0.2) is 11.6 Å². The molecule has 0 aliphatic carbocycles. The molecule has 0 fully saturated rings. The van der Waals surface area contributed by atoms with Crippen molar-refractivity contribution in [3.63, 3.8) is 0 Å². The number of nitrogens with zero attached hydrogens (tertiary/aromatic N) is 5. The first kappa shape index (κ1) is 8.11. The molecule has 13 heavy (non-hydrogen) atoms. The van der Waals surface area contributed by atoms with E-state index in [-0.39, 0.29) is 13.6 Å². The first-order chi connectivity index (χ1) is 5.95. The molecule has 7 heteroatoms. The van der Waals surface area contributed by atoms with E-state index in [9.17, 15) is 0 Å². The first-order valence-corrected chi connectivity index (χ1v) is 4.27. The van der Waals surface area contributed by atoms with Gasteiger partial charge in [0.2, 0.25) is 5.95 Å². The summed E-state index contributed by atoms with van der Waals surface area (Å²) < 4.78 is 1.71. The lowest BCUT2D eigenvalue weighted by Gasteiger charge is -2.25. The van der Waals surface area contributed by atoms with Crippen LogP contribution in [0.25, 0.3) is 0 Å². The van der Waals surface area contributed by atoms with Crippen LogP contribution in [0.2, 0.25) is 0 Å². The Hall–Kier alpha value is -1.50. The lowest BCUT2D eigenvalue weighted by Crippen LogP contribution is -2.32. The fraction of sp³-hybridized carbons (Fsp3) is 0.333. The zero-order chi connectivity index (χ0) is 7.97. The number of fused-ring (bicyclic) bond motifs is 1. The van der Waals surface area contributed by atoms with Gasteiger partial charge in [-0.25, -0.2) is 4.98 Å². The number of hydrogen-bond donors (Lipinski definition) is 1. The zero-order valence-corrected chi connectivity index (χ0v) is 6.69. The Labute approximate surface area is 78.6 Å². The highest BCUT2D eigenvalue weighted by Gasteiger charge is 2.31. The Morgan fingerprint density at radius 3 is 3.15 bits per heavy atom. The van der Waals surface area contributed by atoms with Crippen molar-refractivity contribution in [2.45, 2.75) is 13.6 Å². The fourth-order valence-electron chi connectivity index (χ4n) is 1.12. The highest BCUT2D eigenvalue weighted by molar-refractivity contribution is 7.09. The summed E-state index contributed by atoms with van der Waals surface area (Å²) in [6, 6.07) is 0. The van der Waals surface area contributed by atoms with E-state index in [0.29, 0.717) is 5.95 Å². The molecule has 0 aromatic carbocycles. The van der Waals surface area contributed by atoms with Crippen LogP contribution in [-0.4, -0.2) is 25.2 Å². The molecule has 6 nitrogen and oxygen atoms in total. The maximum Gasteiger partial charge on any atom is 0.247 e. The standard InChI is InChI=1S/C5H4N6S.CH4/c1-2-12-4(6-1)3-7-5-8-9-10-11(3)5;/h1-3H,(H,7,8,10);1H4. The van der Waals surface area contributed by atoms with E-state index >= 15 is 0 Å². The van der Waals surface area contributed by atoms with Crippen LogP contribution in [0.4, 0.5) is 5.95 Å². The van der Waals surface area contributed by atoms with Crippen molar-refractivity contribution in [2.75, 3.05) is 5.32 Å². The van der Waals surface area contributed by atoms with Gasteiger partial charge in [0.05, 0.1) is 0 Å². The van der Waals surface area contributed by atoms with Crippen LogP contribution in [0.3, 0.4) is 0 Å². The van der Waals surface area contributed by atoms with Crippen molar-refractivity contribution in [1.82, 2.24) is 25.2 Å². The molecule has 2 aromatic heterocycles. The van der Waals surface area contributed by atoms with E-state index < -0.39 is 0 Å². The van der Waals surface area contributed by atoms with Crippen molar-refractivity contribution in [3.05, 3.63) is 16.6 Å². The minimum atomic E-state index is 0. The molecule has 3 rings (SSSR count). The third kappa shape index (κ3) is 1.00. The van der Waals surface area contributed by atoms with Gasteiger partial charge in [0.15, 0.2) is 6.17 Å². The SMILES string of the molecule is C.c1csc(C2Nc3nnnn32)n1. The summed E-state index contributed by atoms with van der Waals surface area (Å²) in [5.41, 5.74) is 0. The molecule has 1 unspecified atom stereocenters. The molecule has 0 saturated carbocycles. The Morgan fingerprint density at radius 1 is 1.54 bits per heavy atom. The van der Waals surface area contributed by atoms with Crippen molar-refractivity contribution < 1.29 is 0 Å². The van der Waals surface area contributed by atoms with Crippen LogP contribution >= 0.6 is 11.3 Å². The van der Waals surface area contributed by atoms with E-state index in [1.165, 1.54) is 0 Å². The molecule has 1 N–H and O–H groups in total. The predicted octanol–water partition coefficient (Wildman–Crippen LogP) is 0.738. The molecule has 1 atom stereocenters. The number of tetrazole rings is 1. The van der Waals surface area contributed by atoms with Gasteiger partial charge in [0, 0.05) is 11.6 Å².